The smallest absolute Gasteiger partial charge is 0.264 e. The van der Waals surface area contributed by atoms with Crippen molar-refractivity contribution in [3.63, 3.8) is 0 Å². The molecule has 1 N–H and O–H groups in total. The molecule has 0 radical (unpaired) electrons. The fourth-order valence-corrected chi connectivity index (χ4v) is 4.24. The van der Waals surface area contributed by atoms with Crippen molar-refractivity contribution < 1.29 is 17.6 Å². The summed E-state index contributed by atoms with van der Waals surface area (Å²) in [6.07, 6.45) is 0. The molecule has 8 heteroatoms. The summed E-state index contributed by atoms with van der Waals surface area (Å²) in [4.78, 5) is 14.5. The van der Waals surface area contributed by atoms with Gasteiger partial charge in [-0.25, -0.2) is 12.8 Å². The molecular weight excluding hydrogens is 417 g/mol. The third kappa shape index (κ3) is 5.40. The number of likely N-dealkylation sites (N-methyl/N-ethyl adjacent to an activating group) is 1. The quantitative estimate of drug-likeness (QED) is 0.581. The summed E-state index contributed by atoms with van der Waals surface area (Å²) in [5.41, 5.74) is 1.60. The molecule has 1 amide bonds. The molecule has 0 saturated carbocycles. The Morgan fingerprint density at radius 3 is 2.26 bits per heavy atom. The number of benzene rings is 3. The van der Waals surface area contributed by atoms with Gasteiger partial charge in [0.1, 0.15) is 5.82 Å². The lowest BCUT2D eigenvalue weighted by atomic mass is 10.2. The van der Waals surface area contributed by atoms with E-state index in [0.29, 0.717) is 18.8 Å². The van der Waals surface area contributed by atoms with Gasteiger partial charge in [-0.3, -0.25) is 9.10 Å². The Bertz CT molecular complexity index is 1140. The maximum absolute atomic E-state index is 13.1. The Hall–Kier alpha value is -3.39. The van der Waals surface area contributed by atoms with Gasteiger partial charge in [-0.15, -0.1) is 0 Å². The molecule has 3 rings (SSSR count). The van der Waals surface area contributed by atoms with Crippen LogP contribution in [-0.2, 0) is 10.0 Å². The molecule has 0 fully saturated rings. The Balaban J connectivity index is 1.67. The van der Waals surface area contributed by atoms with Crippen LogP contribution in [0.4, 0.5) is 15.8 Å². The number of para-hydroxylation sites is 1. The molecule has 31 heavy (non-hydrogen) atoms. The predicted octanol–water partition coefficient (Wildman–Crippen LogP) is 3.52. The molecule has 0 aliphatic rings. The van der Waals surface area contributed by atoms with Crippen molar-refractivity contribution in [2.75, 3.05) is 36.4 Å². The Morgan fingerprint density at radius 2 is 1.58 bits per heavy atom. The average Bonchev–Trinajstić information content (AvgIpc) is 2.79. The van der Waals surface area contributed by atoms with Crippen LogP contribution in [-0.4, -0.2) is 41.5 Å². The monoisotopic (exact) mass is 441 g/mol. The lowest BCUT2D eigenvalue weighted by Crippen LogP contribution is -2.33. The van der Waals surface area contributed by atoms with E-state index in [1.165, 1.54) is 49.5 Å². The van der Waals surface area contributed by atoms with Crippen molar-refractivity contribution in [2.24, 2.45) is 0 Å². The van der Waals surface area contributed by atoms with Crippen LogP contribution < -0.4 is 14.5 Å². The second-order valence-electron chi connectivity index (χ2n) is 6.99. The molecule has 0 saturated heterocycles. The Labute approximate surface area is 182 Å². The number of halogens is 1. The standard InChI is InChI=1S/C23H24FN3O3S/c1-26(20-8-4-3-5-9-20)16-15-25-23(28)18-7-6-10-22(17-18)31(29,30)27(2)21-13-11-19(24)12-14-21/h3-14,17H,15-16H2,1-2H3,(H,25,28). The molecule has 0 heterocycles. The third-order valence-corrected chi connectivity index (χ3v) is 6.66. The van der Waals surface area contributed by atoms with Crippen LogP contribution in [0, 0.1) is 5.82 Å². The van der Waals surface area contributed by atoms with E-state index in [-0.39, 0.29) is 16.4 Å². The van der Waals surface area contributed by atoms with Crippen LogP contribution in [0.2, 0.25) is 0 Å². The summed E-state index contributed by atoms with van der Waals surface area (Å²) >= 11 is 0. The molecule has 0 aliphatic carbocycles. The number of nitrogens with zero attached hydrogens (tertiary/aromatic N) is 2. The number of nitrogens with one attached hydrogen (secondary N) is 1. The second kappa shape index (κ2) is 9.61. The van der Waals surface area contributed by atoms with Crippen LogP contribution in [0.3, 0.4) is 0 Å². The molecule has 3 aromatic rings. The second-order valence-corrected chi connectivity index (χ2v) is 8.96. The van der Waals surface area contributed by atoms with E-state index in [1.54, 1.807) is 6.07 Å². The summed E-state index contributed by atoms with van der Waals surface area (Å²) in [6, 6.07) is 20.8. The Morgan fingerprint density at radius 1 is 0.903 bits per heavy atom. The zero-order valence-electron chi connectivity index (χ0n) is 17.3. The number of hydrogen-bond acceptors (Lipinski definition) is 4. The number of rotatable bonds is 8. The van der Waals surface area contributed by atoms with Crippen LogP contribution in [0.25, 0.3) is 0 Å². The molecule has 3 aromatic carbocycles. The van der Waals surface area contributed by atoms with E-state index in [1.807, 2.05) is 42.3 Å². The minimum Gasteiger partial charge on any atom is -0.373 e. The van der Waals surface area contributed by atoms with Gasteiger partial charge in [-0.1, -0.05) is 24.3 Å². The number of sulfonamides is 1. The molecule has 0 aromatic heterocycles. The van der Waals surface area contributed by atoms with Crippen molar-refractivity contribution in [1.82, 2.24) is 5.32 Å². The predicted molar refractivity (Wildman–Crippen MR) is 120 cm³/mol. The topological polar surface area (TPSA) is 69.7 Å². The lowest BCUT2D eigenvalue weighted by molar-refractivity contribution is 0.0954. The third-order valence-electron chi connectivity index (χ3n) is 4.87. The van der Waals surface area contributed by atoms with E-state index >= 15 is 0 Å². The number of anilines is 2. The first-order valence-corrected chi connectivity index (χ1v) is 11.1. The maximum atomic E-state index is 13.1. The largest absolute Gasteiger partial charge is 0.373 e. The van der Waals surface area contributed by atoms with E-state index in [4.69, 9.17) is 0 Å². The highest BCUT2D eigenvalue weighted by Crippen LogP contribution is 2.23. The SMILES string of the molecule is CN(CCNC(=O)c1cccc(S(=O)(=O)N(C)c2ccc(F)cc2)c1)c1ccccc1. The van der Waals surface area contributed by atoms with Gasteiger partial charge in [0.2, 0.25) is 0 Å². The first-order valence-electron chi connectivity index (χ1n) is 9.68. The lowest BCUT2D eigenvalue weighted by Gasteiger charge is -2.20. The highest BCUT2D eigenvalue weighted by Gasteiger charge is 2.22. The van der Waals surface area contributed by atoms with Crippen molar-refractivity contribution in [3.8, 4) is 0 Å². The molecule has 0 aliphatic heterocycles. The zero-order chi connectivity index (χ0) is 22.4. The highest BCUT2D eigenvalue weighted by atomic mass is 32.2. The number of amides is 1. The van der Waals surface area contributed by atoms with Gasteiger partial charge in [-0.05, 0) is 54.6 Å². The van der Waals surface area contributed by atoms with Crippen LogP contribution in [0.5, 0.6) is 0 Å². The highest BCUT2D eigenvalue weighted by molar-refractivity contribution is 7.92. The molecular formula is C23H24FN3O3S. The van der Waals surface area contributed by atoms with Gasteiger partial charge in [-0.2, -0.15) is 0 Å². The summed E-state index contributed by atoms with van der Waals surface area (Å²) in [6.45, 7) is 0.998. The first-order chi connectivity index (χ1) is 14.8. The summed E-state index contributed by atoms with van der Waals surface area (Å²) < 4.78 is 40.1. The van der Waals surface area contributed by atoms with Gasteiger partial charge in [0.15, 0.2) is 0 Å². The number of hydrogen-bond donors (Lipinski definition) is 1. The normalized spacial score (nSPS) is 11.1. The van der Waals surface area contributed by atoms with Gasteiger partial charge in [0, 0.05) is 38.4 Å². The molecule has 0 atom stereocenters. The molecule has 0 bridgehead atoms. The van der Waals surface area contributed by atoms with E-state index < -0.39 is 15.8 Å². The molecule has 6 nitrogen and oxygen atoms in total. The van der Waals surface area contributed by atoms with Crippen molar-refractivity contribution in [2.45, 2.75) is 4.90 Å². The van der Waals surface area contributed by atoms with Gasteiger partial charge >= 0.3 is 0 Å². The van der Waals surface area contributed by atoms with Crippen LogP contribution >= 0.6 is 0 Å². The van der Waals surface area contributed by atoms with Gasteiger partial charge in [0.05, 0.1) is 10.6 Å². The zero-order valence-corrected chi connectivity index (χ0v) is 18.1. The van der Waals surface area contributed by atoms with E-state index in [9.17, 15) is 17.6 Å². The van der Waals surface area contributed by atoms with Gasteiger partial charge < -0.3 is 10.2 Å². The molecule has 0 spiro atoms. The minimum atomic E-state index is -3.91. The van der Waals surface area contributed by atoms with Crippen LogP contribution in [0.1, 0.15) is 10.4 Å². The first kappa shape index (κ1) is 22.3. The number of carbonyl (C=O) groups is 1. The summed E-state index contributed by atoms with van der Waals surface area (Å²) in [7, 11) is -0.594. The fourth-order valence-electron chi connectivity index (χ4n) is 3.00. The Kier molecular flexibility index (Phi) is 6.91. The van der Waals surface area contributed by atoms with E-state index in [0.717, 1.165) is 9.99 Å². The van der Waals surface area contributed by atoms with E-state index in [2.05, 4.69) is 5.32 Å². The van der Waals surface area contributed by atoms with Gasteiger partial charge in [0.25, 0.3) is 15.9 Å². The molecule has 0 unspecified atom stereocenters. The fraction of sp³-hybridized carbons (Fsp3) is 0.174. The van der Waals surface area contributed by atoms with Crippen LogP contribution in [0.15, 0.2) is 83.8 Å². The van der Waals surface area contributed by atoms with Crippen molar-refractivity contribution >= 4 is 27.3 Å². The summed E-state index contributed by atoms with van der Waals surface area (Å²) in [5.74, 6) is -0.811. The van der Waals surface area contributed by atoms with Crippen molar-refractivity contribution in [1.29, 1.82) is 0 Å². The van der Waals surface area contributed by atoms with Crippen molar-refractivity contribution in [3.05, 3.63) is 90.2 Å². The maximum Gasteiger partial charge on any atom is 0.264 e. The number of carbonyl (C=O) groups excluding carboxylic acids is 1. The summed E-state index contributed by atoms with van der Waals surface area (Å²) in [5, 5.41) is 2.81. The molecule has 162 valence electrons. The average molecular weight is 442 g/mol. The minimum absolute atomic E-state index is 0.0200.